The van der Waals surface area contributed by atoms with Crippen LogP contribution < -0.4 is 0 Å². The van der Waals surface area contributed by atoms with E-state index in [1.807, 2.05) is 0 Å². The van der Waals surface area contributed by atoms with Gasteiger partial charge in [-0.15, -0.1) is 0 Å². The van der Waals surface area contributed by atoms with E-state index in [2.05, 4.69) is 31.5 Å². The van der Waals surface area contributed by atoms with E-state index in [-0.39, 0.29) is 0 Å². The molecule has 0 spiro atoms. The van der Waals surface area contributed by atoms with Crippen molar-refractivity contribution in [2.45, 2.75) is 51.5 Å². The van der Waals surface area contributed by atoms with E-state index >= 15 is 0 Å². The molecule has 102 valence electrons. The molecule has 0 aromatic carbocycles. The summed E-state index contributed by atoms with van der Waals surface area (Å²) in [6.07, 6.45) is 8.28. The van der Waals surface area contributed by atoms with Gasteiger partial charge < -0.3 is 9.64 Å². The van der Waals surface area contributed by atoms with Gasteiger partial charge in [-0.05, 0) is 38.0 Å². The minimum Gasteiger partial charge on any atom is -0.383 e. The Morgan fingerprint density at radius 1 is 1.24 bits per heavy atom. The monoisotopic (exact) mass is 259 g/mol. The van der Waals surface area contributed by atoms with Gasteiger partial charge in [0.1, 0.15) is 0 Å². The van der Waals surface area contributed by atoms with Gasteiger partial charge in [-0.3, -0.25) is 0 Å². The lowest BCUT2D eigenvalue weighted by Gasteiger charge is -2.37. The second kappa shape index (κ2) is 7.65. The van der Waals surface area contributed by atoms with Crippen molar-refractivity contribution < 1.29 is 4.74 Å². The molecule has 1 aliphatic carbocycles. The first-order valence-electron chi connectivity index (χ1n) is 6.93. The van der Waals surface area contributed by atoms with E-state index in [0.29, 0.717) is 11.5 Å². The standard InChI is InChI=1S/C14H29NOS/c1-13(10-16-3)15(2)11-14(12-17)8-6-4-5-7-9-14/h13,17H,4-12H2,1-3H3. The number of nitrogens with zero attached hydrogens (tertiary/aromatic N) is 1. The summed E-state index contributed by atoms with van der Waals surface area (Å²) in [6, 6.07) is 0.500. The highest BCUT2D eigenvalue weighted by molar-refractivity contribution is 7.80. The van der Waals surface area contributed by atoms with Crippen LogP contribution in [0.3, 0.4) is 0 Å². The van der Waals surface area contributed by atoms with Crippen LogP contribution in [0.15, 0.2) is 0 Å². The second-order valence-corrected chi connectivity index (χ2v) is 6.11. The highest BCUT2D eigenvalue weighted by atomic mass is 32.1. The molecule has 0 bridgehead atoms. The molecule has 17 heavy (non-hydrogen) atoms. The van der Waals surface area contributed by atoms with Gasteiger partial charge in [0.15, 0.2) is 0 Å². The third-order valence-electron chi connectivity index (χ3n) is 4.24. The van der Waals surface area contributed by atoms with Crippen LogP contribution in [0, 0.1) is 5.41 Å². The molecule has 1 atom stereocenters. The second-order valence-electron chi connectivity index (χ2n) is 5.79. The van der Waals surface area contributed by atoms with Gasteiger partial charge in [-0.25, -0.2) is 0 Å². The zero-order chi connectivity index (χ0) is 12.7. The van der Waals surface area contributed by atoms with Gasteiger partial charge in [-0.1, -0.05) is 25.7 Å². The molecule has 0 radical (unpaired) electrons. The molecule has 1 aliphatic rings. The Balaban J connectivity index is 2.54. The van der Waals surface area contributed by atoms with Crippen molar-refractivity contribution in [1.29, 1.82) is 0 Å². The maximum atomic E-state index is 5.24. The Labute approximate surface area is 113 Å². The summed E-state index contributed by atoms with van der Waals surface area (Å²) in [5, 5.41) is 0. The molecule has 1 saturated carbocycles. The van der Waals surface area contributed by atoms with Crippen molar-refractivity contribution in [3.8, 4) is 0 Å². The Morgan fingerprint density at radius 3 is 2.29 bits per heavy atom. The van der Waals surface area contributed by atoms with Crippen LogP contribution in [0.25, 0.3) is 0 Å². The minimum absolute atomic E-state index is 0.441. The zero-order valence-corrected chi connectivity index (χ0v) is 12.6. The van der Waals surface area contributed by atoms with Gasteiger partial charge >= 0.3 is 0 Å². The third kappa shape index (κ3) is 4.80. The molecule has 0 aromatic rings. The maximum Gasteiger partial charge on any atom is 0.0615 e. The number of likely N-dealkylation sites (N-methyl/N-ethyl adjacent to an activating group) is 1. The fourth-order valence-electron chi connectivity index (χ4n) is 2.90. The first kappa shape index (κ1) is 15.3. The largest absolute Gasteiger partial charge is 0.383 e. The Bertz CT molecular complexity index is 202. The van der Waals surface area contributed by atoms with E-state index in [9.17, 15) is 0 Å². The fourth-order valence-corrected chi connectivity index (χ4v) is 3.31. The zero-order valence-electron chi connectivity index (χ0n) is 11.7. The van der Waals surface area contributed by atoms with Gasteiger partial charge in [0.2, 0.25) is 0 Å². The van der Waals surface area contributed by atoms with Crippen molar-refractivity contribution in [2.24, 2.45) is 5.41 Å². The molecule has 1 unspecified atom stereocenters. The molecule has 1 rings (SSSR count). The van der Waals surface area contributed by atoms with E-state index < -0.39 is 0 Å². The number of rotatable bonds is 6. The van der Waals surface area contributed by atoms with Gasteiger partial charge in [0.25, 0.3) is 0 Å². The van der Waals surface area contributed by atoms with E-state index in [1.54, 1.807) is 7.11 Å². The normalized spacial score (nSPS) is 22.4. The van der Waals surface area contributed by atoms with Crippen molar-refractivity contribution in [3.05, 3.63) is 0 Å². The van der Waals surface area contributed by atoms with Crippen LogP contribution in [-0.2, 0) is 4.74 Å². The molecule has 0 aromatic heterocycles. The summed E-state index contributed by atoms with van der Waals surface area (Å²) in [4.78, 5) is 2.45. The van der Waals surface area contributed by atoms with Gasteiger partial charge in [0.05, 0.1) is 6.61 Å². The Morgan fingerprint density at radius 2 is 1.82 bits per heavy atom. The summed E-state index contributed by atoms with van der Waals surface area (Å²) >= 11 is 4.63. The average Bonchev–Trinajstić information content (AvgIpc) is 2.55. The minimum atomic E-state index is 0.441. The van der Waals surface area contributed by atoms with E-state index in [4.69, 9.17) is 4.74 Å². The molecular weight excluding hydrogens is 230 g/mol. The predicted octanol–water partition coefficient (Wildman–Crippen LogP) is 3.22. The molecule has 3 heteroatoms. The van der Waals surface area contributed by atoms with Gasteiger partial charge in [-0.2, -0.15) is 12.6 Å². The summed E-state index contributed by atoms with van der Waals surface area (Å²) in [6.45, 7) is 4.23. The van der Waals surface area contributed by atoms with Crippen LogP contribution in [0.4, 0.5) is 0 Å². The lowest BCUT2D eigenvalue weighted by molar-refractivity contribution is 0.0818. The SMILES string of the molecule is COCC(C)N(C)CC1(CS)CCCCCC1. The van der Waals surface area contributed by atoms with Gasteiger partial charge in [0, 0.05) is 19.7 Å². The summed E-state index contributed by atoms with van der Waals surface area (Å²) in [5.74, 6) is 1.02. The number of ether oxygens (including phenoxy) is 1. The van der Waals surface area contributed by atoms with Crippen LogP contribution >= 0.6 is 12.6 Å². The van der Waals surface area contributed by atoms with Crippen LogP contribution in [0.2, 0.25) is 0 Å². The molecule has 2 nitrogen and oxygen atoms in total. The molecular formula is C14H29NOS. The molecule has 1 fully saturated rings. The molecule has 0 aliphatic heterocycles. The number of thiol groups is 1. The van der Waals surface area contributed by atoms with Crippen LogP contribution in [-0.4, -0.2) is 44.0 Å². The number of methoxy groups -OCH3 is 1. The lowest BCUT2D eigenvalue weighted by atomic mass is 9.81. The Kier molecular flexibility index (Phi) is 6.90. The van der Waals surface area contributed by atoms with Crippen molar-refractivity contribution in [3.63, 3.8) is 0 Å². The molecule has 0 N–H and O–H groups in total. The predicted molar refractivity (Wildman–Crippen MR) is 78.0 cm³/mol. The molecule has 0 heterocycles. The van der Waals surface area contributed by atoms with Crippen molar-refractivity contribution in [2.75, 3.05) is 33.1 Å². The Hall–Kier alpha value is 0.270. The number of hydrogen-bond donors (Lipinski definition) is 1. The summed E-state index contributed by atoms with van der Waals surface area (Å²) < 4.78 is 5.24. The van der Waals surface area contributed by atoms with E-state index in [1.165, 1.54) is 45.1 Å². The smallest absolute Gasteiger partial charge is 0.0615 e. The van der Waals surface area contributed by atoms with Crippen molar-refractivity contribution >= 4 is 12.6 Å². The summed E-state index contributed by atoms with van der Waals surface area (Å²) in [5.41, 5.74) is 0.441. The average molecular weight is 259 g/mol. The first-order valence-corrected chi connectivity index (χ1v) is 7.57. The highest BCUT2D eigenvalue weighted by Gasteiger charge is 2.31. The maximum absolute atomic E-state index is 5.24. The van der Waals surface area contributed by atoms with E-state index in [0.717, 1.165) is 12.4 Å². The summed E-state index contributed by atoms with van der Waals surface area (Å²) in [7, 11) is 4.00. The third-order valence-corrected chi connectivity index (χ3v) is 4.92. The fraction of sp³-hybridized carbons (Fsp3) is 1.00. The topological polar surface area (TPSA) is 12.5 Å². The molecule has 0 saturated heterocycles. The molecule has 0 amide bonds. The van der Waals surface area contributed by atoms with Crippen molar-refractivity contribution in [1.82, 2.24) is 4.90 Å². The quantitative estimate of drug-likeness (QED) is 0.581. The van der Waals surface area contributed by atoms with Crippen LogP contribution in [0.5, 0.6) is 0 Å². The van der Waals surface area contributed by atoms with Crippen LogP contribution in [0.1, 0.15) is 45.4 Å². The number of hydrogen-bond acceptors (Lipinski definition) is 3. The first-order chi connectivity index (χ1) is 8.13. The lowest BCUT2D eigenvalue weighted by Crippen LogP contribution is -2.42. The highest BCUT2D eigenvalue weighted by Crippen LogP contribution is 2.36.